The van der Waals surface area contributed by atoms with Gasteiger partial charge in [-0.25, -0.2) is 0 Å². The number of benzene rings is 1. The molecule has 6 heteroatoms. The highest BCUT2D eigenvalue weighted by Gasteiger charge is 2.33. The second-order valence-corrected chi connectivity index (χ2v) is 9.30. The summed E-state index contributed by atoms with van der Waals surface area (Å²) < 4.78 is 7.80. The number of aromatic nitrogens is 2. The van der Waals surface area contributed by atoms with Crippen molar-refractivity contribution < 1.29 is 14.4 Å². The van der Waals surface area contributed by atoms with Crippen molar-refractivity contribution in [2.24, 2.45) is 0 Å². The van der Waals surface area contributed by atoms with Crippen LogP contribution in [0.2, 0.25) is 0 Å². The number of carbonyl (C=O) groups excluding carboxylic acids is 1. The number of nitrogens with one attached hydrogen (secondary N) is 1. The number of nitrogens with zero attached hydrogens (tertiary/aromatic N) is 2. The number of aryl methyl sites for hydroxylation is 2. The van der Waals surface area contributed by atoms with E-state index in [0.29, 0.717) is 12.5 Å². The molecule has 5 rings (SSSR count). The van der Waals surface area contributed by atoms with Crippen LogP contribution in [0, 0.1) is 13.8 Å². The molecule has 2 aromatic heterocycles. The summed E-state index contributed by atoms with van der Waals surface area (Å²) in [5, 5.41) is 18.9. The van der Waals surface area contributed by atoms with Crippen LogP contribution in [0.5, 0.6) is 0 Å². The maximum absolute atomic E-state index is 11.9. The summed E-state index contributed by atoms with van der Waals surface area (Å²) in [5.74, 6) is 0.948. The summed E-state index contributed by atoms with van der Waals surface area (Å²) in [6, 6.07) is 9.15. The number of fused-ring (bicyclic) bond motifs is 1. The van der Waals surface area contributed by atoms with Gasteiger partial charge in [0.15, 0.2) is 0 Å². The maximum atomic E-state index is 11.9. The number of hydrogen-bond donors (Lipinski definition) is 2. The van der Waals surface area contributed by atoms with Crippen molar-refractivity contribution in [2.45, 2.75) is 77.0 Å². The Labute approximate surface area is 176 Å². The van der Waals surface area contributed by atoms with E-state index < -0.39 is 5.60 Å². The smallest absolute Gasteiger partial charge is 0.220 e. The van der Waals surface area contributed by atoms with Gasteiger partial charge in [-0.2, -0.15) is 0 Å². The first-order chi connectivity index (χ1) is 14.3. The van der Waals surface area contributed by atoms with Gasteiger partial charge >= 0.3 is 0 Å². The maximum Gasteiger partial charge on any atom is 0.220 e. The zero-order valence-corrected chi connectivity index (χ0v) is 17.9. The second-order valence-electron chi connectivity index (χ2n) is 9.30. The minimum Gasteiger partial charge on any atom is -0.390 e. The van der Waals surface area contributed by atoms with Crippen molar-refractivity contribution in [3.8, 4) is 11.1 Å². The molecule has 1 aromatic carbocycles. The van der Waals surface area contributed by atoms with Crippen molar-refractivity contribution in [1.29, 1.82) is 0 Å². The van der Waals surface area contributed by atoms with Crippen molar-refractivity contribution >= 4 is 16.8 Å². The monoisotopic (exact) mass is 407 g/mol. The number of hydrogen-bond acceptors (Lipinski definition) is 4. The Hall–Kier alpha value is -2.60. The molecule has 2 N–H and O–H groups in total. The van der Waals surface area contributed by atoms with Gasteiger partial charge in [0, 0.05) is 34.6 Å². The highest BCUT2D eigenvalue weighted by atomic mass is 16.5. The van der Waals surface area contributed by atoms with Gasteiger partial charge in [-0.05, 0) is 76.6 Å². The predicted octanol–water partition coefficient (Wildman–Crippen LogP) is 4.73. The SMILES string of the molecule is Cc1noc(C)c1-c1ccc2c(c1)cc([C@@H]1CCC(=O)N1)n2C1CCC(C)(O)CC1. The summed E-state index contributed by atoms with van der Waals surface area (Å²) in [4.78, 5) is 11.9. The third kappa shape index (κ3) is 3.23. The van der Waals surface area contributed by atoms with Crippen LogP contribution in [0.25, 0.3) is 22.0 Å². The number of amides is 1. The first kappa shape index (κ1) is 19.4. The van der Waals surface area contributed by atoms with Crippen LogP contribution >= 0.6 is 0 Å². The number of aliphatic hydroxyl groups is 1. The Balaban J connectivity index is 1.62. The molecule has 3 heterocycles. The minimum atomic E-state index is -0.572. The van der Waals surface area contributed by atoms with Gasteiger partial charge in [-0.15, -0.1) is 0 Å². The second kappa shape index (κ2) is 6.98. The van der Waals surface area contributed by atoms with Crippen molar-refractivity contribution in [3.63, 3.8) is 0 Å². The van der Waals surface area contributed by atoms with Gasteiger partial charge in [0.2, 0.25) is 5.91 Å². The highest BCUT2D eigenvalue weighted by Crippen LogP contribution is 2.41. The molecular formula is C24H29N3O3. The average Bonchev–Trinajstić information content (AvgIpc) is 3.38. The van der Waals surface area contributed by atoms with Gasteiger partial charge in [0.05, 0.1) is 17.3 Å². The molecule has 2 aliphatic rings. The van der Waals surface area contributed by atoms with Crippen LogP contribution in [0.4, 0.5) is 0 Å². The molecule has 2 fully saturated rings. The quantitative estimate of drug-likeness (QED) is 0.658. The van der Waals surface area contributed by atoms with Gasteiger partial charge in [0.25, 0.3) is 0 Å². The van der Waals surface area contributed by atoms with Crippen LogP contribution in [-0.2, 0) is 4.79 Å². The lowest BCUT2D eigenvalue weighted by Gasteiger charge is -2.35. The molecule has 158 valence electrons. The molecule has 30 heavy (non-hydrogen) atoms. The van der Waals surface area contributed by atoms with Crippen LogP contribution < -0.4 is 5.32 Å². The Morgan fingerprint density at radius 3 is 2.60 bits per heavy atom. The van der Waals surface area contributed by atoms with Gasteiger partial charge < -0.3 is 19.5 Å². The van der Waals surface area contributed by atoms with Crippen LogP contribution in [0.1, 0.15) is 74.7 Å². The first-order valence-electron chi connectivity index (χ1n) is 10.9. The fourth-order valence-corrected chi connectivity index (χ4v) is 5.30. The first-order valence-corrected chi connectivity index (χ1v) is 10.9. The molecule has 1 saturated heterocycles. The third-order valence-corrected chi connectivity index (χ3v) is 6.94. The van der Waals surface area contributed by atoms with Crippen LogP contribution in [0.3, 0.4) is 0 Å². The van der Waals surface area contributed by atoms with Gasteiger partial charge in [-0.1, -0.05) is 11.2 Å². The molecule has 1 saturated carbocycles. The van der Waals surface area contributed by atoms with E-state index in [2.05, 4.69) is 39.3 Å². The van der Waals surface area contributed by atoms with E-state index >= 15 is 0 Å². The lowest BCUT2D eigenvalue weighted by molar-refractivity contribution is -0.119. The topological polar surface area (TPSA) is 80.3 Å². The molecule has 1 atom stereocenters. The van der Waals surface area contributed by atoms with Crippen molar-refractivity contribution in [1.82, 2.24) is 15.0 Å². The molecule has 0 bridgehead atoms. The zero-order valence-electron chi connectivity index (χ0n) is 17.9. The normalized spacial score (nSPS) is 27.0. The van der Waals surface area contributed by atoms with Crippen molar-refractivity contribution in [2.75, 3.05) is 0 Å². The zero-order chi connectivity index (χ0) is 21.0. The van der Waals surface area contributed by atoms with E-state index in [0.717, 1.165) is 54.7 Å². The molecule has 0 unspecified atom stereocenters. The Morgan fingerprint density at radius 1 is 1.20 bits per heavy atom. The summed E-state index contributed by atoms with van der Waals surface area (Å²) in [7, 11) is 0. The minimum absolute atomic E-state index is 0.0508. The summed E-state index contributed by atoms with van der Waals surface area (Å²) >= 11 is 0. The standard InChI is InChI=1S/C24H29N3O3/c1-14-23(15(2)30-26-14)16-4-6-20-17(12-16)13-21(19-5-7-22(28)25-19)27(20)18-8-10-24(3,29)11-9-18/h4,6,12-13,18-19,29H,5,7-11H2,1-3H3,(H,25,28)/t18?,19-,24?/m0/s1. The van der Waals surface area contributed by atoms with Crippen molar-refractivity contribution in [3.05, 3.63) is 41.4 Å². The average molecular weight is 408 g/mol. The lowest BCUT2D eigenvalue weighted by atomic mass is 9.83. The molecule has 0 spiro atoms. The van der Waals surface area contributed by atoms with E-state index in [-0.39, 0.29) is 11.9 Å². The summed E-state index contributed by atoms with van der Waals surface area (Å²) in [5.41, 5.74) is 4.84. The summed E-state index contributed by atoms with van der Waals surface area (Å²) in [6.45, 7) is 5.84. The summed E-state index contributed by atoms with van der Waals surface area (Å²) in [6.07, 6.45) is 4.88. The Bertz CT molecular complexity index is 1090. The number of rotatable bonds is 3. The predicted molar refractivity (Wildman–Crippen MR) is 115 cm³/mol. The van der Waals surface area contributed by atoms with E-state index in [1.54, 1.807) is 0 Å². The third-order valence-electron chi connectivity index (χ3n) is 6.94. The molecule has 0 radical (unpaired) electrons. The largest absolute Gasteiger partial charge is 0.390 e. The highest BCUT2D eigenvalue weighted by molar-refractivity contribution is 5.88. The van der Waals surface area contributed by atoms with Gasteiger partial charge in [0.1, 0.15) is 5.76 Å². The Morgan fingerprint density at radius 2 is 1.97 bits per heavy atom. The van der Waals surface area contributed by atoms with Gasteiger partial charge in [-0.3, -0.25) is 4.79 Å². The molecule has 1 amide bonds. The molecule has 3 aromatic rings. The van der Waals surface area contributed by atoms with E-state index in [1.807, 2.05) is 20.8 Å². The number of carbonyl (C=O) groups is 1. The fraction of sp³-hybridized carbons (Fsp3) is 0.500. The lowest BCUT2D eigenvalue weighted by Crippen LogP contribution is -2.32. The van der Waals surface area contributed by atoms with E-state index in [1.165, 1.54) is 16.6 Å². The molecular weight excluding hydrogens is 378 g/mol. The van der Waals surface area contributed by atoms with E-state index in [4.69, 9.17) is 4.52 Å². The van der Waals surface area contributed by atoms with E-state index in [9.17, 15) is 9.90 Å². The fourth-order valence-electron chi connectivity index (χ4n) is 5.30. The molecule has 1 aliphatic carbocycles. The van der Waals surface area contributed by atoms with Crippen LogP contribution in [0.15, 0.2) is 28.8 Å². The molecule has 1 aliphatic heterocycles. The Kier molecular flexibility index (Phi) is 4.51. The molecule has 6 nitrogen and oxygen atoms in total. The van der Waals surface area contributed by atoms with Crippen LogP contribution in [-0.4, -0.2) is 26.3 Å².